The lowest BCUT2D eigenvalue weighted by atomic mass is 10.1. The molecule has 1 N–H and O–H groups in total. The second-order valence-electron chi connectivity index (χ2n) is 3.87. The number of aromatic nitrogens is 1. The smallest absolute Gasteiger partial charge is 0.0942 e. The van der Waals surface area contributed by atoms with E-state index in [0.717, 1.165) is 13.0 Å². The van der Waals surface area contributed by atoms with E-state index >= 15 is 0 Å². The monoisotopic (exact) mass is 232 g/mol. The van der Waals surface area contributed by atoms with E-state index in [1.165, 1.54) is 21.8 Å². The van der Waals surface area contributed by atoms with Crippen LogP contribution in [0.15, 0.2) is 29.8 Å². The molecule has 0 aliphatic rings. The zero-order chi connectivity index (χ0) is 11.4. The van der Waals surface area contributed by atoms with Crippen molar-refractivity contribution in [3.8, 4) is 0 Å². The first-order valence-electron chi connectivity index (χ1n) is 5.46. The van der Waals surface area contributed by atoms with Gasteiger partial charge in [-0.1, -0.05) is 18.2 Å². The molecule has 84 valence electrons. The second-order valence-corrected chi connectivity index (χ2v) is 4.85. The Hall–Kier alpha value is -1.35. The van der Waals surface area contributed by atoms with Gasteiger partial charge in [-0.2, -0.15) is 0 Å². The Morgan fingerprint density at radius 1 is 1.25 bits per heavy atom. The normalized spacial score (nSPS) is 10.4. The largest absolute Gasteiger partial charge is 0.384 e. The number of hydrogen-bond donors (Lipinski definition) is 1. The summed E-state index contributed by atoms with van der Waals surface area (Å²) in [5, 5.41) is 6.70. The lowest BCUT2D eigenvalue weighted by molar-refractivity contribution is 0.993. The van der Waals surface area contributed by atoms with E-state index in [1.54, 1.807) is 11.3 Å². The lowest BCUT2D eigenvalue weighted by Gasteiger charge is -2.11. The zero-order valence-electron chi connectivity index (χ0n) is 9.66. The minimum Gasteiger partial charge on any atom is -0.384 e. The van der Waals surface area contributed by atoms with Crippen LogP contribution in [0.4, 0.5) is 5.69 Å². The number of rotatable bonds is 4. The maximum absolute atomic E-state index is 4.27. The molecule has 3 heteroatoms. The number of anilines is 1. The SMILES string of the molecule is Cc1cccc(C)c1NCCc1nccs1. The van der Waals surface area contributed by atoms with Crippen LogP contribution >= 0.6 is 11.3 Å². The summed E-state index contributed by atoms with van der Waals surface area (Å²) in [7, 11) is 0. The number of thiazole rings is 1. The van der Waals surface area contributed by atoms with Crippen LogP contribution in [0, 0.1) is 13.8 Å². The number of nitrogens with zero attached hydrogens (tertiary/aromatic N) is 1. The van der Waals surface area contributed by atoms with Gasteiger partial charge in [0.1, 0.15) is 0 Å². The molecule has 2 rings (SSSR count). The van der Waals surface area contributed by atoms with Crippen molar-refractivity contribution in [2.24, 2.45) is 0 Å². The first kappa shape index (κ1) is 11.1. The van der Waals surface area contributed by atoms with Gasteiger partial charge in [0, 0.05) is 30.2 Å². The summed E-state index contributed by atoms with van der Waals surface area (Å²) < 4.78 is 0. The van der Waals surface area contributed by atoms with Crippen LogP contribution in [-0.2, 0) is 6.42 Å². The molecule has 0 spiro atoms. The van der Waals surface area contributed by atoms with Gasteiger partial charge in [0.25, 0.3) is 0 Å². The van der Waals surface area contributed by atoms with Crippen LogP contribution in [0.3, 0.4) is 0 Å². The van der Waals surface area contributed by atoms with E-state index in [1.807, 2.05) is 11.6 Å². The van der Waals surface area contributed by atoms with Gasteiger partial charge >= 0.3 is 0 Å². The molecule has 0 fully saturated rings. The van der Waals surface area contributed by atoms with E-state index < -0.39 is 0 Å². The predicted molar refractivity (Wildman–Crippen MR) is 70.2 cm³/mol. The van der Waals surface area contributed by atoms with Gasteiger partial charge in [0.2, 0.25) is 0 Å². The van der Waals surface area contributed by atoms with Gasteiger partial charge in [-0.15, -0.1) is 11.3 Å². The van der Waals surface area contributed by atoms with Crippen molar-refractivity contribution in [2.75, 3.05) is 11.9 Å². The third kappa shape index (κ3) is 2.61. The van der Waals surface area contributed by atoms with Crippen molar-refractivity contribution < 1.29 is 0 Å². The number of benzene rings is 1. The standard InChI is InChI=1S/C13H16N2S/c1-10-4-3-5-11(2)13(10)15-7-6-12-14-8-9-16-12/h3-5,8-9,15H,6-7H2,1-2H3. The molecule has 0 saturated carbocycles. The Kier molecular flexibility index (Phi) is 3.57. The van der Waals surface area contributed by atoms with Crippen molar-refractivity contribution in [3.05, 3.63) is 45.9 Å². The first-order chi connectivity index (χ1) is 7.77. The molecule has 2 nitrogen and oxygen atoms in total. The van der Waals surface area contributed by atoms with Crippen LogP contribution in [-0.4, -0.2) is 11.5 Å². The van der Waals surface area contributed by atoms with Gasteiger partial charge in [-0.3, -0.25) is 0 Å². The number of nitrogens with one attached hydrogen (secondary N) is 1. The highest BCUT2D eigenvalue weighted by Crippen LogP contribution is 2.19. The summed E-state index contributed by atoms with van der Waals surface area (Å²) in [6.07, 6.45) is 2.85. The molecule has 0 saturated heterocycles. The molecular formula is C13H16N2S. The maximum Gasteiger partial charge on any atom is 0.0942 e. The molecule has 0 bridgehead atoms. The fraction of sp³-hybridized carbons (Fsp3) is 0.308. The minimum absolute atomic E-state index is 0.944. The molecular weight excluding hydrogens is 216 g/mol. The maximum atomic E-state index is 4.27. The quantitative estimate of drug-likeness (QED) is 0.873. The summed E-state index contributed by atoms with van der Waals surface area (Å²) in [5.74, 6) is 0. The third-order valence-electron chi connectivity index (χ3n) is 2.61. The van der Waals surface area contributed by atoms with E-state index in [9.17, 15) is 0 Å². The average Bonchev–Trinajstić information content (AvgIpc) is 2.75. The Balaban J connectivity index is 1.95. The van der Waals surface area contributed by atoms with Crippen molar-refractivity contribution in [1.82, 2.24) is 4.98 Å². The van der Waals surface area contributed by atoms with Crippen LogP contribution < -0.4 is 5.32 Å². The molecule has 2 aromatic rings. The van der Waals surface area contributed by atoms with Gasteiger partial charge in [0.05, 0.1) is 5.01 Å². The van der Waals surface area contributed by atoms with Gasteiger partial charge < -0.3 is 5.32 Å². The third-order valence-corrected chi connectivity index (χ3v) is 3.44. The number of para-hydroxylation sites is 1. The Bertz CT molecular complexity index is 429. The Morgan fingerprint density at radius 3 is 2.62 bits per heavy atom. The summed E-state index contributed by atoms with van der Waals surface area (Å²) in [5.41, 5.74) is 3.87. The Morgan fingerprint density at radius 2 is 2.00 bits per heavy atom. The molecule has 0 atom stereocenters. The highest BCUT2D eigenvalue weighted by molar-refractivity contribution is 7.09. The first-order valence-corrected chi connectivity index (χ1v) is 6.34. The van der Waals surface area contributed by atoms with E-state index in [2.05, 4.69) is 42.3 Å². The Labute approximate surface area is 100 Å². The summed E-state index contributed by atoms with van der Waals surface area (Å²) in [6, 6.07) is 6.37. The molecule has 0 aliphatic carbocycles. The van der Waals surface area contributed by atoms with E-state index in [0.29, 0.717) is 0 Å². The molecule has 16 heavy (non-hydrogen) atoms. The second kappa shape index (κ2) is 5.12. The molecule has 1 aromatic carbocycles. The molecule has 1 aromatic heterocycles. The average molecular weight is 232 g/mol. The van der Waals surface area contributed by atoms with Gasteiger partial charge in [0.15, 0.2) is 0 Å². The molecule has 0 amide bonds. The molecule has 0 aliphatic heterocycles. The van der Waals surface area contributed by atoms with Gasteiger partial charge in [-0.25, -0.2) is 4.98 Å². The highest BCUT2D eigenvalue weighted by Gasteiger charge is 2.01. The minimum atomic E-state index is 0.944. The van der Waals surface area contributed by atoms with Crippen LogP contribution in [0.5, 0.6) is 0 Å². The van der Waals surface area contributed by atoms with Crippen molar-refractivity contribution in [3.63, 3.8) is 0 Å². The van der Waals surface area contributed by atoms with Crippen molar-refractivity contribution in [1.29, 1.82) is 0 Å². The zero-order valence-corrected chi connectivity index (χ0v) is 10.5. The van der Waals surface area contributed by atoms with Crippen LogP contribution in [0.2, 0.25) is 0 Å². The van der Waals surface area contributed by atoms with Crippen LogP contribution in [0.25, 0.3) is 0 Å². The fourth-order valence-corrected chi connectivity index (χ4v) is 2.38. The van der Waals surface area contributed by atoms with Crippen molar-refractivity contribution >= 4 is 17.0 Å². The highest BCUT2D eigenvalue weighted by atomic mass is 32.1. The lowest BCUT2D eigenvalue weighted by Crippen LogP contribution is -2.07. The summed E-state index contributed by atoms with van der Waals surface area (Å²) in [4.78, 5) is 4.27. The molecule has 0 radical (unpaired) electrons. The van der Waals surface area contributed by atoms with E-state index in [4.69, 9.17) is 0 Å². The number of aryl methyl sites for hydroxylation is 2. The van der Waals surface area contributed by atoms with Gasteiger partial charge in [-0.05, 0) is 25.0 Å². The van der Waals surface area contributed by atoms with E-state index in [-0.39, 0.29) is 0 Å². The topological polar surface area (TPSA) is 24.9 Å². The molecule has 1 heterocycles. The van der Waals surface area contributed by atoms with Crippen molar-refractivity contribution in [2.45, 2.75) is 20.3 Å². The van der Waals surface area contributed by atoms with Crippen LogP contribution in [0.1, 0.15) is 16.1 Å². The fourth-order valence-electron chi connectivity index (χ4n) is 1.76. The molecule has 0 unspecified atom stereocenters. The predicted octanol–water partition coefficient (Wildman–Crippen LogP) is 3.41. The number of hydrogen-bond acceptors (Lipinski definition) is 3. The summed E-state index contributed by atoms with van der Waals surface area (Å²) >= 11 is 1.72. The summed E-state index contributed by atoms with van der Waals surface area (Å²) in [6.45, 7) is 5.22.